The van der Waals surface area contributed by atoms with Gasteiger partial charge in [-0.05, 0) is 61.0 Å². The van der Waals surface area contributed by atoms with Crippen LogP contribution in [0.3, 0.4) is 0 Å². The predicted molar refractivity (Wildman–Crippen MR) is 95.1 cm³/mol. The highest BCUT2D eigenvalue weighted by molar-refractivity contribution is 6.04. The Bertz CT molecular complexity index is 896. The first-order valence-electron chi connectivity index (χ1n) is 8.47. The van der Waals surface area contributed by atoms with Gasteiger partial charge < -0.3 is 13.6 Å². The smallest absolute Gasteiger partial charge is 0.310 e. The summed E-state index contributed by atoms with van der Waals surface area (Å²) in [5.41, 5.74) is 1.76. The lowest BCUT2D eigenvalue weighted by Crippen LogP contribution is -2.26. The van der Waals surface area contributed by atoms with Gasteiger partial charge in [-0.3, -0.25) is 4.79 Å². The molecule has 0 radical (unpaired) electrons. The van der Waals surface area contributed by atoms with Gasteiger partial charge in [0.2, 0.25) is 0 Å². The van der Waals surface area contributed by atoms with Gasteiger partial charge in [-0.2, -0.15) is 5.10 Å². The van der Waals surface area contributed by atoms with Gasteiger partial charge >= 0.3 is 5.91 Å². The van der Waals surface area contributed by atoms with Gasteiger partial charge in [0, 0.05) is 6.42 Å². The summed E-state index contributed by atoms with van der Waals surface area (Å²) in [6.45, 7) is 2.56. The summed E-state index contributed by atoms with van der Waals surface area (Å²) in [7, 11) is 0. The molecule has 0 unspecified atom stereocenters. The maximum absolute atomic E-state index is 12.8. The fourth-order valence-corrected chi connectivity index (χ4v) is 3.00. The van der Waals surface area contributed by atoms with Crippen LogP contribution in [-0.4, -0.2) is 23.2 Å². The Balaban J connectivity index is 1.65. The molecule has 0 fully saturated rings. The quantitative estimate of drug-likeness (QED) is 0.689. The Morgan fingerprint density at radius 1 is 1.15 bits per heavy atom. The van der Waals surface area contributed by atoms with Crippen molar-refractivity contribution < 1.29 is 18.4 Å². The summed E-state index contributed by atoms with van der Waals surface area (Å²) in [4.78, 5) is 12.8. The van der Waals surface area contributed by atoms with Crippen LogP contribution in [0.15, 0.2) is 75.0 Å². The summed E-state index contributed by atoms with van der Waals surface area (Å²) in [5.74, 6) is 1.45. The van der Waals surface area contributed by atoms with Crippen molar-refractivity contribution in [2.45, 2.75) is 19.4 Å². The van der Waals surface area contributed by atoms with Crippen LogP contribution >= 0.6 is 0 Å². The van der Waals surface area contributed by atoms with Gasteiger partial charge in [0.15, 0.2) is 5.76 Å². The molecule has 26 heavy (non-hydrogen) atoms. The SMILES string of the molecule is CCOc1ccc(C2=NN(C(=O)c3ccco3)[C@H](c3ccco3)C2)cc1. The average molecular weight is 350 g/mol. The maximum atomic E-state index is 12.8. The summed E-state index contributed by atoms with van der Waals surface area (Å²) >= 11 is 0. The molecule has 2 aromatic heterocycles. The number of hydrogen-bond acceptors (Lipinski definition) is 5. The second-order valence-electron chi connectivity index (χ2n) is 5.87. The van der Waals surface area contributed by atoms with Gasteiger partial charge in [0.05, 0.1) is 24.8 Å². The van der Waals surface area contributed by atoms with E-state index in [9.17, 15) is 4.79 Å². The van der Waals surface area contributed by atoms with Crippen molar-refractivity contribution in [3.8, 4) is 5.75 Å². The van der Waals surface area contributed by atoms with Crippen molar-refractivity contribution in [3.05, 3.63) is 78.1 Å². The number of rotatable bonds is 5. The largest absolute Gasteiger partial charge is 0.494 e. The lowest BCUT2D eigenvalue weighted by molar-refractivity contribution is 0.0660. The first kappa shape index (κ1) is 16.2. The van der Waals surface area contributed by atoms with Crippen LogP contribution in [0.25, 0.3) is 0 Å². The Hall–Kier alpha value is -3.28. The minimum absolute atomic E-state index is 0.248. The lowest BCUT2D eigenvalue weighted by Gasteiger charge is -2.18. The average Bonchev–Trinajstić information content (AvgIpc) is 3.42. The zero-order chi connectivity index (χ0) is 17.9. The monoisotopic (exact) mass is 350 g/mol. The van der Waals surface area contributed by atoms with Crippen molar-refractivity contribution in [2.75, 3.05) is 6.61 Å². The van der Waals surface area contributed by atoms with Crippen LogP contribution in [0.4, 0.5) is 0 Å². The first-order chi connectivity index (χ1) is 12.8. The van der Waals surface area contributed by atoms with E-state index in [1.54, 1.807) is 24.5 Å². The molecule has 3 heterocycles. The van der Waals surface area contributed by atoms with E-state index in [0.717, 1.165) is 17.0 Å². The van der Waals surface area contributed by atoms with Crippen LogP contribution in [-0.2, 0) is 0 Å². The van der Waals surface area contributed by atoms with Crippen molar-refractivity contribution in [1.82, 2.24) is 5.01 Å². The van der Waals surface area contributed by atoms with E-state index >= 15 is 0 Å². The van der Waals surface area contributed by atoms with Gasteiger partial charge in [-0.15, -0.1) is 0 Å². The highest BCUT2D eigenvalue weighted by Crippen LogP contribution is 2.34. The van der Waals surface area contributed by atoms with Crippen LogP contribution in [0.2, 0.25) is 0 Å². The third-order valence-electron chi connectivity index (χ3n) is 4.22. The lowest BCUT2D eigenvalue weighted by atomic mass is 10.0. The molecule has 0 N–H and O–H groups in total. The molecule has 132 valence electrons. The zero-order valence-corrected chi connectivity index (χ0v) is 14.3. The highest BCUT2D eigenvalue weighted by Gasteiger charge is 2.36. The molecular weight excluding hydrogens is 332 g/mol. The molecule has 0 saturated carbocycles. The molecule has 1 aliphatic rings. The number of benzene rings is 1. The van der Waals surface area contributed by atoms with E-state index in [-0.39, 0.29) is 17.7 Å². The molecule has 1 amide bonds. The molecule has 6 heteroatoms. The van der Waals surface area contributed by atoms with E-state index < -0.39 is 0 Å². The number of furan rings is 2. The molecule has 0 bridgehead atoms. The Morgan fingerprint density at radius 2 is 1.92 bits per heavy atom. The summed E-state index contributed by atoms with van der Waals surface area (Å²) in [6, 6.07) is 14.4. The standard InChI is InChI=1S/C20H18N2O4/c1-2-24-15-9-7-14(8-10-15)16-13-17(18-5-3-11-25-18)22(21-16)20(23)19-6-4-12-26-19/h3-12,17H,2,13H2,1H3/t17-/m0/s1. The Labute approximate surface area is 150 Å². The molecule has 3 aromatic rings. The Kier molecular flexibility index (Phi) is 4.31. The van der Waals surface area contributed by atoms with Crippen molar-refractivity contribution >= 4 is 11.6 Å². The molecule has 0 aliphatic carbocycles. The first-order valence-corrected chi connectivity index (χ1v) is 8.47. The fraction of sp³-hybridized carbons (Fsp3) is 0.200. The predicted octanol–water partition coefficient (Wildman–Crippen LogP) is 4.26. The molecule has 0 spiro atoms. The van der Waals surface area contributed by atoms with Gasteiger partial charge in [0.25, 0.3) is 0 Å². The normalized spacial score (nSPS) is 16.6. The summed E-state index contributed by atoms with van der Waals surface area (Å²) < 4.78 is 16.3. The molecule has 4 rings (SSSR count). The number of carbonyl (C=O) groups excluding carboxylic acids is 1. The van der Waals surface area contributed by atoms with E-state index in [0.29, 0.717) is 18.8 Å². The Morgan fingerprint density at radius 3 is 2.58 bits per heavy atom. The summed E-state index contributed by atoms with van der Waals surface area (Å²) in [6.07, 6.45) is 3.63. The molecule has 1 atom stereocenters. The molecule has 1 aromatic carbocycles. The topological polar surface area (TPSA) is 68.2 Å². The zero-order valence-electron chi connectivity index (χ0n) is 14.3. The number of amides is 1. The third-order valence-corrected chi connectivity index (χ3v) is 4.22. The number of carbonyl (C=O) groups is 1. The maximum Gasteiger partial charge on any atom is 0.310 e. The van der Waals surface area contributed by atoms with Crippen LogP contribution in [0, 0.1) is 0 Å². The van der Waals surface area contributed by atoms with Gasteiger partial charge in [0.1, 0.15) is 17.6 Å². The molecule has 6 nitrogen and oxygen atoms in total. The van der Waals surface area contributed by atoms with E-state index in [4.69, 9.17) is 13.6 Å². The molecule has 1 aliphatic heterocycles. The minimum atomic E-state index is -0.302. The second-order valence-corrected chi connectivity index (χ2v) is 5.87. The van der Waals surface area contributed by atoms with Gasteiger partial charge in [-0.1, -0.05) is 0 Å². The number of hydrogen-bond donors (Lipinski definition) is 0. The highest BCUT2D eigenvalue weighted by atomic mass is 16.5. The molecular formula is C20H18N2O4. The summed E-state index contributed by atoms with van der Waals surface area (Å²) in [5, 5.41) is 6.00. The van der Waals surface area contributed by atoms with Crippen molar-refractivity contribution in [1.29, 1.82) is 0 Å². The number of hydrazone groups is 1. The van der Waals surface area contributed by atoms with Crippen LogP contribution in [0.1, 0.15) is 41.3 Å². The van der Waals surface area contributed by atoms with Crippen molar-refractivity contribution in [2.24, 2.45) is 5.10 Å². The third kappa shape index (κ3) is 3.01. The minimum Gasteiger partial charge on any atom is -0.494 e. The van der Waals surface area contributed by atoms with Crippen molar-refractivity contribution in [3.63, 3.8) is 0 Å². The number of nitrogens with zero attached hydrogens (tertiary/aromatic N) is 2. The molecule has 0 saturated heterocycles. The van der Waals surface area contributed by atoms with Crippen LogP contribution < -0.4 is 4.74 Å². The number of ether oxygens (including phenoxy) is 1. The second kappa shape index (κ2) is 6.92. The van der Waals surface area contributed by atoms with E-state index in [1.165, 1.54) is 11.3 Å². The van der Waals surface area contributed by atoms with Crippen LogP contribution in [0.5, 0.6) is 5.75 Å². The van der Waals surface area contributed by atoms with Gasteiger partial charge in [-0.25, -0.2) is 5.01 Å². The van der Waals surface area contributed by atoms with E-state index in [2.05, 4.69) is 5.10 Å². The fourth-order valence-electron chi connectivity index (χ4n) is 3.00. The van der Waals surface area contributed by atoms with E-state index in [1.807, 2.05) is 37.3 Å².